The summed E-state index contributed by atoms with van der Waals surface area (Å²) in [6.07, 6.45) is 1.23. The SMILES string of the molecule is CC1(C)CC[C@]2(C(=O)NCC(F)(F)F)CC[C@]3(C)[C@H](C(=O)C=C4[C@@]5(C)CC(C#N)=C(O)[C@@](C)(O)C5CC[C@]43C)C2C1. The van der Waals surface area contributed by atoms with Gasteiger partial charge in [-0.1, -0.05) is 40.2 Å². The number of alkyl halides is 3. The van der Waals surface area contributed by atoms with E-state index in [1.165, 1.54) is 0 Å². The summed E-state index contributed by atoms with van der Waals surface area (Å²) in [4.78, 5) is 28.0. The zero-order valence-corrected chi connectivity index (χ0v) is 25.0. The summed E-state index contributed by atoms with van der Waals surface area (Å²) in [5, 5.41) is 34.2. The lowest BCUT2D eigenvalue weighted by Gasteiger charge is -2.69. The predicted molar refractivity (Wildman–Crippen MR) is 146 cm³/mol. The van der Waals surface area contributed by atoms with Gasteiger partial charge in [-0.2, -0.15) is 18.4 Å². The minimum Gasteiger partial charge on any atom is -0.508 e. The minimum absolute atomic E-state index is 0.117. The molecule has 6 nitrogen and oxygen atoms in total. The van der Waals surface area contributed by atoms with Crippen LogP contribution in [0.1, 0.15) is 92.9 Å². The molecular weight excluding hydrogens is 533 g/mol. The molecule has 9 heteroatoms. The smallest absolute Gasteiger partial charge is 0.405 e. The van der Waals surface area contributed by atoms with Gasteiger partial charge in [0.25, 0.3) is 0 Å². The summed E-state index contributed by atoms with van der Waals surface area (Å²) in [5.74, 6) is -2.35. The van der Waals surface area contributed by atoms with Crippen molar-refractivity contribution in [3.05, 3.63) is 23.0 Å². The Balaban J connectivity index is 1.63. The van der Waals surface area contributed by atoms with E-state index in [0.717, 1.165) is 5.57 Å². The molecular formula is C32H43F3N2O4. The summed E-state index contributed by atoms with van der Waals surface area (Å²) in [5.41, 5.74) is -3.65. The van der Waals surface area contributed by atoms with Gasteiger partial charge in [0.1, 0.15) is 17.9 Å². The molecule has 0 aromatic carbocycles. The van der Waals surface area contributed by atoms with Crippen LogP contribution in [-0.2, 0) is 9.59 Å². The fourth-order valence-corrected chi connectivity index (χ4v) is 10.3. The Hall–Kier alpha value is -2.34. The van der Waals surface area contributed by atoms with Crippen LogP contribution in [0, 0.1) is 56.2 Å². The van der Waals surface area contributed by atoms with Crippen molar-refractivity contribution in [3.8, 4) is 6.07 Å². The van der Waals surface area contributed by atoms with Gasteiger partial charge in [-0.3, -0.25) is 9.59 Å². The first-order valence-corrected chi connectivity index (χ1v) is 14.9. The van der Waals surface area contributed by atoms with E-state index < -0.39 is 63.6 Å². The van der Waals surface area contributed by atoms with E-state index in [1.54, 1.807) is 13.0 Å². The average molecular weight is 577 g/mol. The second kappa shape index (κ2) is 8.84. The maximum Gasteiger partial charge on any atom is 0.405 e. The number of rotatable bonds is 2. The van der Waals surface area contributed by atoms with Crippen molar-refractivity contribution in [2.75, 3.05) is 6.54 Å². The monoisotopic (exact) mass is 576 g/mol. The van der Waals surface area contributed by atoms with E-state index >= 15 is 0 Å². The van der Waals surface area contributed by atoms with Crippen molar-refractivity contribution in [1.29, 1.82) is 5.26 Å². The van der Waals surface area contributed by atoms with E-state index in [9.17, 15) is 38.2 Å². The number of aliphatic hydroxyl groups is 2. The molecule has 5 aliphatic carbocycles. The fourth-order valence-electron chi connectivity index (χ4n) is 10.3. The Bertz CT molecular complexity index is 1290. The van der Waals surface area contributed by atoms with E-state index in [2.05, 4.69) is 39.1 Å². The molecule has 41 heavy (non-hydrogen) atoms. The number of halogens is 3. The van der Waals surface area contributed by atoms with Crippen molar-refractivity contribution >= 4 is 11.7 Å². The van der Waals surface area contributed by atoms with Gasteiger partial charge in [-0.05, 0) is 86.5 Å². The molecule has 0 aromatic heterocycles. The second-order valence-electron chi connectivity index (χ2n) is 15.4. The summed E-state index contributed by atoms with van der Waals surface area (Å²) in [6.45, 7) is 10.6. The highest BCUT2D eigenvalue weighted by molar-refractivity contribution is 5.96. The molecule has 3 fully saturated rings. The summed E-state index contributed by atoms with van der Waals surface area (Å²) in [6, 6.07) is 2.07. The largest absolute Gasteiger partial charge is 0.508 e. The maximum atomic E-state index is 14.4. The summed E-state index contributed by atoms with van der Waals surface area (Å²) in [7, 11) is 0. The third-order valence-electron chi connectivity index (χ3n) is 12.7. The van der Waals surface area contributed by atoms with E-state index in [4.69, 9.17) is 0 Å². The zero-order valence-electron chi connectivity index (χ0n) is 25.0. The number of carbonyl (C=O) groups is 2. The number of allylic oxidation sites excluding steroid dienone is 3. The van der Waals surface area contributed by atoms with Gasteiger partial charge in [0.2, 0.25) is 5.91 Å². The lowest BCUT2D eigenvalue weighted by molar-refractivity contribution is -0.184. The number of amides is 1. The van der Waals surface area contributed by atoms with Crippen LogP contribution in [-0.4, -0.2) is 40.2 Å². The summed E-state index contributed by atoms with van der Waals surface area (Å²) >= 11 is 0. The quantitative estimate of drug-likeness (QED) is 0.357. The molecule has 0 radical (unpaired) electrons. The lowest BCUT2D eigenvalue weighted by atomic mass is 9.34. The number of fused-ring (bicyclic) bond motifs is 7. The average Bonchev–Trinajstić information content (AvgIpc) is 2.85. The van der Waals surface area contributed by atoms with Crippen molar-refractivity contribution in [1.82, 2.24) is 5.32 Å². The van der Waals surface area contributed by atoms with Crippen LogP contribution in [0.25, 0.3) is 0 Å². The second-order valence-corrected chi connectivity index (χ2v) is 15.4. The molecule has 2 unspecified atom stereocenters. The Morgan fingerprint density at radius 3 is 2.34 bits per heavy atom. The van der Waals surface area contributed by atoms with Gasteiger partial charge < -0.3 is 15.5 Å². The molecule has 3 N–H and O–H groups in total. The third-order valence-corrected chi connectivity index (χ3v) is 12.7. The Labute approximate surface area is 240 Å². The Morgan fingerprint density at radius 2 is 1.73 bits per heavy atom. The minimum atomic E-state index is -4.52. The number of aliphatic hydroxyl groups excluding tert-OH is 1. The molecule has 0 heterocycles. The molecule has 0 bridgehead atoms. The van der Waals surface area contributed by atoms with Crippen LogP contribution in [0.15, 0.2) is 23.0 Å². The van der Waals surface area contributed by atoms with Gasteiger partial charge in [0, 0.05) is 17.3 Å². The van der Waals surface area contributed by atoms with Crippen LogP contribution in [0.5, 0.6) is 0 Å². The predicted octanol–water partition coefficient (Wildman–Crippen LogP) is 6.32. The Morgan fingerprint density at radius 1 is 1.10 bits per heavy atom. The number of hydrogen-bond donors (Lipinski definition) is 3. The number of nitrogens with one attached hydrogen (secondary N) is 1. The first-order valence-electron chi connectivity index (χ1n) is 14.9. The maximum absolute atomic E-state index is 14.4. The van der Waals surface area contributed by atoms with Gasteiger partial charge in [-0.25, -0.2) is 0 Å². The van der Waals surface area contributed by atoms with Crippen LogP contribution in [0.2, 0.25) is 0 Å². The van der Waals surface area contributed by atoms with Crippen molar-refractivity contribution < 1.29 is 33.0 Å². The van der Waals surface area contributed by atoms with Crippen molar-refractivity contribution in [3.63, 3.8) is 0 Å². The standard InChI is InChI=1S/C32H43F3N2O4/c1-26(2)9-11-31(25(40)37-17-32(33,34)35)12-10-29(5)23(19(31)15-26)20(38)13-22-27(3)14-18(16-36)24(39)30(6,41)21(27)7-8-28(22,29)4/h13,19,21,23,39,41H,7-12,14-15,17H2,1-6H3,(H,37,40)/t19?,21?,23-,27-,28+,29+,30-,31-/m0/s1. The van der Waals surface area contributed by atoms with Crippen LogP contribution >= 0.6 is 0 Å². The number of hydrogen-bond acceptors (Lipinski definition) is 5. The van der Waals surface area contributed by atoms with Crippen LogP contribution < -0.4 is 5.32 Å². The first-order chi connectivity index (χ1) is 18.7. The lowest BCUT2D eigenvalue weighted by Crippen LogP contribution is -2.67. The van der Waals surface area contributed by atoms with E-state index in [1.807, 2.05) is 6.92 Å². The number of ketones is 1. The van der Waals surface area contributed by atoms with Crippen molar-refractivity contribution in [2.24, 2.45) is 44.8 Å². The van der Waals surface area contributed by atoms with Crippen molar-refractivity contribution in [2.45, 2.75) is 105 Å². The molecule has 8 atom stereocenters. The normalized spacial score (nSPS) is 45.3. The molecule has 5 rings (SSSR count). The molecule has 1 amide bonds. The molecule has 0 spiro atoms. The molecule has 5 aliphatic rings. The zero-order chi connectivity index (χ0) is 30.6. The van der Waals surface area contributed by atoms with Gasteiger partial charge in [0.15, 0.2) is 5.78 Å². The van der Waals surface area contributed by atoms with E-state index in [0.29, 0.717) is 44.9 Å². The highest BCUT2D eigenvalue weighted by Crippen LogP contribution is 2.74. The highest BCUT2D eigenvalue weighted by Gasteiger charge is 2.71. The van der Waals surface area contributed by atoms with Crippen LogP contribution in [0.3, 0.4) is 0 Å². The summed E-state index contributed by atoms with van der Waals surface area (Å²) < 4.78 is 39.4. The first kappa shape index (κ1) is 30.1. The van der Waals surface area contributed by atoms with Crippen LogP contribution in [0.4, 0.5) is 13.2 Å². The molecule has 0 aromatic rings. The molecule has 226 valence electrons. The van der Waals surface area contributed by atoms with Gasteiger partial charge in [-0.15, -0.1) is 0 Å². The third kappa shape index (κ3) is 4.06. The Kier molecular flexibility index (Phi) is 6.50. The van der Waals surface area contributed by atoms with E-state index in [-0.39, 0.29) is 29.0 Å². The van der Waals surface area contributed by atoms with Gasteiger partial charge >= 0.3 is 6.18 Å². The van der Waals surface area contributed by atoms with Gasteiger partial charge in [0.05, 0.1) is 17.1 Å². The highest BCUT2D eigenvalue weighted by atomic mass is 19.4. The fraction of sp³-hybridized carbons (Fsp3) is 0.781. The molecule has 3 saturated carbocycles. The molecule has 0 saturated heterocycles. The number of nitriles is 1. The number of carbonyl (C=O) groups excluding carboxylic acids is 2. The topological polar surface area (TPSA) is 110 Å². The molecule has 0 aliphatic heterocycles. The number of nitrogens with zero attached hydrogens (tertiary/aromatic N) is 1.